The number of halogens is 2. The lowest BCUT2D eigenvalue weighted by atomic mass is 10.0. The Morgan fingerprint density at radius 2 is 1.89 bits per heavy atom. The van der Waals surface area contributed by atoms with E-state index < -0.39 is 5.82 Å². The summed E-state index contributed by atoms with van der Waals surface area (Å²) < 4.78 is 18.3. The van der Waals surface area contributed by atoms with Gasteiger partial charge in [0, 0.05) is 11.4 Å². The van der Waals surface area contributed by atoms with Crippen LogP contribution in [-0.2, 0) is 6.42 Å². The third-order valence-electron chi connectivity index (χ3n) is 2.74. The monoisotopic (exact) mass is 278 g/mol. The van der Waals surface area contributed by atoms with E-state index in [-0.39, 0.29) is 17.8 Å². The fourth-order valence-corrected chi connectivity index (χ4v) is 1.91. The Morgan fingerprint density at radius 3 is 2.53 bits per heavy atom. The first-order chi connectivity index (χ1) is 9.10. The molecule has 0 N–H and O–H groups in total. The van der Waals surface area contributed by atoms with Crippen LogP contribution in [0.3, 0.4) is 0 Å². The van der Waals surface area contributed by atoms with E-state index in [1.165, 1.54) is 25.3 Å². The zero-order valence-corrected chi connectivity index (χ0v) is 11.1. The minimum absolute atomic E-state index is 0.178. The number of hydrogen-bond acceptors (Lipinski definition) is 2. The van der Waals surface area contributed by atoms with Crippen LogP contribution < -0.4 is 4.74 Å². The standard InChI is InChI=1S/C15H12ClFO2/c1-19-15-7-6-12(17)9-13(15)14(18)8-10-2-4-11(16)5-3-10/h2-7,9H,8H2,1H3. The van der Waals surface area contributed by atoms with Gasteiger partial charge in [-0.05, 0) is 35.9 Å². The summed E-state index contributed by atoms with van der Waals surface area (Å²) in [6.07, 6.45) is 0.178. The molecule has 0 saturated heterocycles. The predicted molar refractivity (Wildman–Crippen MR) is 72.4 cm³/mol. The van der Waals surface area contributed by atoms with Gasteiger partial charge in [0.15, 0.2) is 5.78 Å². The molecule has 0 spiro atoms. The van der Waals surface area contributed by atoms with Crippen LogP contribution in [0.1, 0.15) is 15.9 Å². The van der Waals surface area contributed by atoms with Crippen LogP contribution in [0, 0.1) is 5.82 Å². The number of carbonyl (C=O) groups excluding carboxylic acids is 1. The molecular formula is C15H12ClFO2. The number of Topliss-reactive ketones (excluding diaryl/α,β-unsaturated/α-hetero) is 1. The molecule has 19 heavy (non-hydrogen) atoms. The number of hydrogen-bond donors (Lipinski definition) is 0. The summed E-state index contributed by atoms with van der Waals surface area (Å²) in [5.41, 5.74) is 1.07. The molecule has 0 radical (unpaired) electrons. The largest absolute Gasteiger partial charge is 0.496 e. The van der Waals surface area contributed by atoms with Crippen molar-refractivity contribution in [1.29, 1.82) is 0 Å². The highest BCUT2D eigenvalue weighted by atomic mass is 35.5. The molecule has 0 aromatic heterocycles. The van der Waals surface area contributed by atoms with Crippen molar-refractivity contribution in [3.8, 4) is 5.75 Å². The Kier molecular flexibility index (Phi) is 4.17. The zero-order valence-electron chi connectivity index (χ0n) is 10.3. The maximum absolute atomic E-state index is 13.2. The lowest BCUT2D eigenvalue weighted by molar-refractivity contribution is 0.0989. The van der Waals surface area contributed by atoms with E-state index in [2.05, 4.69) is 0 Å². The minimum Gasteiger partial charge on any atom is -0.496 e. The lowest BCUT2D eigenvalue weighted by Gasteiger charge is -2.07. The minimum atomic E-state index is -0.458. The number of ether oxygens (including phenoxy) is 1. The molecule has 0 fully saturated rings. The van der Waals surface area contributed by atoms with Crippen LogP contribution in [0.15, 0.2) is 42.5 Å². The molecule has 2 rings (SSSR count). The number of benzene rings is 2. The molecule has 0 aliphatic heterocycles. The summed E-state index contributed by atoms with van der Waals surface area (Å²) in [5.74, 6) is -0.278. The second-order valence-electron chi connectivity index (χ2n) is 4.07. The van der Waals surface area contributed by atoms with Crippen molar-refractivity contribution in [2.75, 3.05) is 7.11 Å². The molecule has 0 amide bonds. The van der Waals surface area contributed by atoms with Gasteiger partial charge in [0.1, 0.15) is 11.6 Å². The number of ketones is 1. The van der Waals surface area contributed by atoms with Crippen molar-refractivity contribution in [2.45, 2.75) is 6.42 Å². The molecule has 0 aliphatic rings. The summed E-state index contributed by atoms with van der Waals surface area (Å²) in [5, 5.41) is 0.611. The van der Waals surface area contributed by atoms with Gasteiger partial charge >= 0.3 is 0 Å². The van der Waals surface area contributed by atoms with Crippen molar-refractivity contribution in [1.82, 2.24) is 0 Å². The van der Waals surface area contributed by atoms with E-state index in [0.29, 0.717) is 10.8 Å². The van der Waals surface area contributed by atoms with Crippen molar-refractivity contribution in [3.63, 3.8) is 0 Å². The molecule has 4 heteroatoms. The second kappa shape index (κ2) is 5.85. The van der Waals surface area contributed by atoms with Crippen LogP contribution >= 0.6 is 11.6 Å². The van der Waals surface area contributed by atoms with Gasteiger partial charge in [-0.25, -0.2) is 4.39 Å². The first-order valence-electron chi connectivity index (χ1n) is 5.71. The summed E-state index contributed by atoms with van der Waals surface area (Å²) in [7, 11) is 1.45. The summed E-state index contributed by atoms with van der Waals surface area (Å²) in [6.45, 7) is 0. The maximum Gasteiger partial charge on any atom is 0.171 e. The van der Waals surface area contributed by atoms with Crippen molar-refractivity contribution in [3.05, 3.63) is 64.4 Å². The van der Waals surface area contributed by atoms with Crippen molar-refractivity contribution in [2.24, 2.45) is 0 Å². The SMILES string of the molecule is COc1ccc(F)cc1C(=O)Cc1ccc(Cl)cc1. The number of carbonyl (C=O) groups is 1. The predicted octanol–water partition coefficient (Wildman–Crippen LogP) is 3.91. The number of rotatable bonds is 4. The fraction of sp³-hybridized carbons (Fsp3) is 0.133. The van der Waals surface area contributed by atoms with E-state index in [9.17, 15) is 9.18 Å². The van der Waals surface area contributed by atoms with Crippen molar-refractivity contribution >= 4 is 17.4 Å². The van der Waals surface area contributed by atoms with E-state index in [1.54, 1.807) is 24.3 Å². The Hall–Kier alpha value is -1.87. The van der Waals surface area contributed by atoms with Crippen molar-refractivity contribution < 1.29 is 13.9 Å². The molecule has 0 atom stereocenters. The summed E-state index contributed by atoms with van der Waals surface area (Å²) in [4.78, 5) is 12.2. The Labute approximate surface area is 115 Å². The second-order valence-corrected chi connectivity index (χ2v) is 4.51. The van der Waals surface area contributed by atoms with Gasteiger partial charge in [-0.15, -0.1) is 0 Å². The van der Waals surface area contributed by atoms with Gasteiger partial charge in [-0.3, -0.25) is 4.79 Å². The van der Waals surface area contributed by atoms with Crippen LogP contribution in [0.4, 0.5) is 4.39 Å². The molecule has 0 saturated carbocycles. The summed E-state index contributed by atoms with van der Waals surface area (Å²) >= 11 is 5.78. The van der Waals surface area contributed by atoms with E-state index >= 15 is 0 Å². The Balaban J connectivity index is 2.24. The quantitative estimate of drug-likeness (QED) is 0.793. The smallest absolute Gasteiger partial charge is 0.171 e. The highest BCUT2D eigenvalue weighted by molar-refractivity contribution is 6.30. The Bertz CT molecular complexity index is 594. The lowest BCUT2D eigenvalue weighted by Crippen LogP contribution is -2.06. The molecule has 0 heterocycles. The first kappa shape index (κ1) is 13.6. The summed E-state index contributed by atoms with van der Waals surface area (Å²) in [6, 6.07) is 10.9. The molecule has 0 unspecified atom stereocenters. The van der Waals surface area contributed by atoms with Crippen LogP contribution in [0.25, 0.3) is 0 Å². The van der Waals surface area contributed by atoms with Gasteiger partial charge in [0.05, 0.1) is 12.7 Å². The average molecular weight is 279 g/mol. The van der Waals surface area contributed by atoms with E-state index in [1.807, 2.05) is 0 Å². The van der Waals surface area contributed by atoms with Crippen LogP contribution in [-0.4, -0.2) is 12.9 Å². The number of methoxy groups -OCH3 is 1. The topological polar surface area (TPSA) is 26.3 Å². The highest BCUT2D eigenvalue weighted by Gasteiger charge is 2.14. The van der Waals surface area contributed by atoms with Crippen LogP contribution in [0.5, 0.6) is 5.75 Å². The highest BCUT2D eigenvalue weighted by Crippen LogP contribution is 2.21. The van der Waals surface area contributed by atoms with Gasteiger partial charge in [0.2, 0.25) is 0 Å². The molecule has 2 aromatic rings. The Morgan fingerprint density at radius 1 is 1.21 bits per heavy atom. The third kappa shape index (κ3) is 3.32. The van der Waals surface area contributed by atoms with Gasteiger partial charge < -0.3 is 4.74 Å². The van der Waals surface area contributed by atoms with Gasteiger partial charge in [0.25, 0.3) is 0 Å². The normalized spacial score (nSPS) is 10.3. The van der Waals surface area contributed by atoms with Crippen LogP contribution in [0.2, 0.25) is 5.02 Å². The average Bonchev–Trinajstić information content (AvgIpc) is 2.41. The molecule has 2 aromatic carbocycles. The molecule has 0 aliphatic carbocycles. The zero-order chi connectivity index (χ0) is 13.8. The molecule has 2 nitrogen and oxygen atoms in total. The third-order valence-corrected chi connectivity index (χ3v) is 2.99. The van der Waals surface area contributed by atoms with E-state index in [4.69, 9.17) is 16.3 Å². The van der Waals surface area contributed by atoms with Gasteiger partial charge in [-0.1, -0.05) is 23.7 Å². The molecule has 0 bridgehead atoms. The molecule has 98 valence electrons. The fourth-order valence-electron chi connectivity index (χ4n) is 1.78. The van der Waals surface area contributed by atoms with E-state index in [0.717, 1.165) is 5.56 Å². The molecular weight excluding hydrogens is 267 g/mol. The maximum atomic E-state index is 13.2. The first-order valence-corrected chi connectivity index (χ1v) is 6.09. The van der Waals surface area contributed by atoms with Gasteiger partial charge in [-0.2, -0.15) is 0 Å².